The number of aromatic nitrogens is 1. The first kappa shape index (κ1) is 24.9. The van der Waals surface area contributed by atoms with Crippen LogP contribution in [-0.4, -0.2) is 30.3 Å². The molecule has 0 bridgehead atoms. The fourth-order valence-corrected chi connectivity index (χ4v) is 2.97. The third-order valence-corrected chi connectivity index (χ3v) is 4.68. The number of oxazole rings is 1. The quantitative estimate of drug-likeness (QED) is 0.274. The fourth-order valence-electron chi connectivity index (χ4n) is 2.97. The number of carbonyl (C=O) groups excluding carboxylic acids is 1. The minimum Gasteiger partial charge on any atom is -0.487 e. The van der Waals surface area contributed by atoms with E-state index in [9.17, 15) is 18.0 Å². The smallest absolute Gasteiger partial charge is 0.422 e. The van der Waals surface area contributed by atoms with Crippen LogP contribution in [0, 0.1) is 6.92 Å². The SMILES string of the molecule is CCOC(=O)/C=C(\C)c1cccc(OCc2nc(-c3ccc(OCC(F)(F)F)cc3)oc2C)c1. The van der Waals surface area contributed by atoms with Crippen LogP contribution in [0.2, 0.25) is 0 Å². The van der Waals surface area contributed by atoms with Crippen LogP contribution < -0.4 is 9.47 Å². The van der Waals surface area contributed by atoms with Gasteiger partial charge in [0.1, 0.15) is 29.6 Å². The van der Waals surface area contributed by atoms with Gasteiger partial charge in [-0.05, 0) is 68.3 Å². The number of esters is 1. The Morgan fingerprint density at radius 2 is 1.82 bits per heavy atom. The number of nitrogens with zero attached hydrogens (tertiary/aromatic N) is 1. The van der Waals surface area contributed by atoms with E-state index >= 15 is 0 Å². The molecule has 0 amide bonds. The predicted molar refractivity (Wildman–Crippen MR) is 119 cm³/mol. The van der Waals surface area contributed by atoms with Crippen LogP contribution in [0.5, 0.6) is 11.5 Å². The molecule has 0 saturated heterocycles. The highest BCUT2D eigenvalue weighted by Gasteiger charge is 2.28. The first-order valence-electron chi connectivity index (χ1n) is 10.5. The average molecular weight is 475 g/mol. The van der Waals surface area contributed by atoms with E-state index in [4.69, 9.17) is 18.6 Å². The molecule has 0 atom stereocenters. The van der Waals surface area contributed by atoms with Gasteiger partial charge in [-0.25, -0.2) is 9.78 Å². The molecular weight excluding hydrogens is 451 g/mol. The molecule has 180 valence electrons. The maximum absolute atomic E-state index is 12.3. The average Bonchev–Trinajstić information content (AvgIpc) is 3.17. The van der Waals surface area contributed by atoms with Crippen molar-refractivity contribution in [1.82, 2.24) is 4.98 Å². The second-order valence-corrected chi connectivity index (χ2v) is 7.35. The van der Waals surface area contributed by atoms with Crippen molar-refractivity contribution in [2.24, 2.45) is 0 Å². The highest BCUT2D eigenvalue weighted by atomic mass is 19.4. The van der Waals surface area contributed by atoms with E-state index in [2.05, 4.69) is 4.98 Å². The predicted octanol–water partition coefficient (Wildman–Crippen LogP) is 6.14. The molecule has 9 heteroatoms. The Hall–Kier alpha value is -3.75. The van der Waals surface area contributed by atoms with Crippen molar-refractivity contribution >= 4 is 11.5 Å². The van der Waals surface area contributed by atoms with Crippen molar-refractivity contribution < 1.29 is 36.6 Å². The third kappa shape index (κ3) is 7.13. The van der Waals surface area contributed by atoms with Gasteiger partial charge in [0, 0.05) is 11.6 Å². The van der Waals surface area contributed by atoms with Gasteiger partial charge in [0.15, 0.2) is 6.61 Å². The van der Waals surface area contributed by atoms with Crippen molar-refractivity contribution in [3.8, 4) is 23.0 Å². The summed E-state index contributed by atoms with van der Waals surface area (Å²) in [5.41, 5.74) is 2.73. The summed E-state index contributed by atoms with van der Waals surface area (Å²) in [6, 6.07) is 13.3. The molecule has 1 aromatic heterocycles. The number of halogens is 3. The molecule has 3 rings (SSSR count). The zero-order valence-electron chi connectivity index (χ0n) is 18.9. The topological polar surface area (TPSA) is 70.8 Å². The zero-order chi connectivity index (χ0) is 24.7. The van der Waals surface area contributed by atoms with Gasteiger partial charge in [0.05, 0.1) is 6.61 Å². The molecule has 0 N–H and O–H groups in total. The zero-order valence-corrected chi connectivity index (χ0v) is 18.9. The van der Waals surface area contributed by atoms with Crippen LogP contribution in [0.25, 0.3) is 17.0 Å². The lowest BCUT2D eigenvalue weighted by Gasteiger charge is -2.09. The lowest BCUT2D eigenvalue weighted by Crippen LogP contribution is -2.19. The number of alkyl halides is 3. The van der Waals surface area contributed by atoms with Crippen molar-refractivity contribution in [2.75, 3.05) is 13.2 Å². The number of hydrogen-bond donors (Lipinski definition) is 0. The lowest BCUT2D eigenvalue weighted by atomic mass is 10.1. The summed E-state index contributed by atoms with van der Waals surface area (Å²) in [6.07, 6.45) is -2.97. The third-order valence-electron chi connectivity index (χ3n) is 4.68. The molecule has 0 saturated carbocycles. The van der Waals surface area contributed by atoms with Gasteiger partial charge in [-0.3, -0.25) is 0 Å². The highest BCUT2D eigenvalue weighted by Crippen LogP contribution is 2.26. The van der Waals surface area contributed by atoms with Gasteiger partial charge in [0.2, 0.25) is 5.89 Å². The normalized spacial score (nSPS) is 11.9. The van der Waals surface area contributed by atoms with Crippen molar-refractivity contribution in [2.45, 2.75) is 33.6 Å². The standard InChI is InChI=1S/C25H24F3NO5/c1-4-31-23(30)12-16(2)19-6-5-7-21(13-19)32-14-22-17(3)34-24(29-22)18-8-10-20(11-9-18)33-15-25(26,27)28/h5-13H,4,14-15H2,1-3H3/b16-12+. The number of aryl methyl sites for hydroxylation is 1. The minimum absolute atomic E-state index is 0.0973. The number of carbonyl (C=O) groups is 1. The van der Waals surface area contributed by atoms with Crippen molar-refractivity contribution in [3.05, 3.63) is 71.6 Å². The number of ether oxygens (including phenoxy) is 3. The molecular formula is C25H24F3NO5. The van der Waals surface area contributed by atoms with Gasteiger partial charge in [0.25, 0.3) is 0 Å². The molecule has 0 aliphatic rings. The molecule has 0 fully saturated rings. The van der Waals surface area contributed by atoms with Gasteiger partial charge in [-0.15, -0.1) is 0 Å². The van der Waals surface area contributed by atoms with E-state index in [1.807, 2.05) is 19.1 Å². The van der Waals surface area contributed by atoms with Crippen molar-refractivity contribution in [3.63, 3.8) is 0 Å². The monoisotopic (exact) mass is 475 g/mol. The van der Waals surface area contributed by atoms with E-state index < -0.39 is 18.8 Å². The molecule has 6 nitrogen and oxygen atoms in total. The molecule has 0 spiro atoms. The van der Waals surface area contributed by atoms with Crippen molar-refractivity contribution in [1.29, 1.82) is 0 Å². The Labute approximate surface area is 195 Å². The summed E-state index contributed by atoms with van der Waals surface area (Å²) in [5.74, 6) is 1.16. The fraction of sp³-hybridized carbons (Fsp3) is 0.280. The molecule has 3 aromatic rings. The van der Waals surface area contributed by atoms with E-state index in [-0.39, 0.29) is 12.4 Å². The summed E-state index contributed by atoms with van der Waals surface area (Å²) in [7, 11) is 0. The van der Waals surface area contributed by atoms with E-state index in [1.165, 1.54) is 18.2 Å². The number of allylic oxidation sites excluding steroid dienone is 1. The number of hydrogen-bond acceptors (Lipinski definition) is 6. The van der Waals surface area contributed by atoms with E-state index in [0.717, 1.165) is 11.1 Å². The van der Waals surface area contributed by atoms with Crippen LogP contribution in [0.3, 0.4) is 0 Å². The number of benzene rings is 2. The summed E-state index contributed by atoms with van der Waals surface area (Å²) in [5, 5.41) is 0. The highest BCUT2D eigenvalue weighted by molar-refractivity contribution is 5.91. The molecule has 34 heavy (non-hydrogen) atoms. The van der Waals surface area contributed by atoms with Crippen LogP contribution in [0.4, 0.5) is 13.2 Å². The second-order valence-electron chi connectivity index (χ2n) is 7.35. The van der Waals surface area contributed by atoms with Gasteiger partial charge in [-0.2, -0.15) is 13.2 Å². The molecule has 0 aliphatic heterocycles. The Balaban J connectivity index is 1.65. The first-order chi connectivity index (χ1) is 16.1. The lowest BCUT2D eigenvalue weighted by molar-refractivity contribution is -0.153. The Morgan fingerprint density at radius 3 is 2.50 bits per heavy atom. The van der Waals surface area contributed by atoms with Crippen LogP contribution in [-0.2, 0) is 16.1 Å². The number of rotatable bonds is 9. The van der Waals surface area contributed by atoms with Crippen LogP contribution in [0.1, 0.15) is 30.9 Å². The molecule has 1 heterocycles. The van der Waals surface area contributed by atoms with Crippen LogP contribution >= 0.6 is 0 Å². The summed E-state index contributed by atoms with van der Waals surface area (Å²) in [4.78, 5) is 16.1. The maximum atomic E-state index is 12.3. The Kier molecular flexibility index (Phi) is 7.99. The second kappa shape index (κ2) is 10.9. The summed E-state index contributed by atoms with van der Waals surface area (Å²) < 4.78 is 58.1. The first-order valence-corrected chi connectivity index (χ1v) is 10.5. The Bertz CT molecular complexity index is 1150. The van der Waals surface area contributed by atoms with Gasteiger partial charge in [-0.1, -0.05) is 12.1 Å². The van der Waals surface area contributed by atoms with E-state index in [0.29, 0.717) is 35.3 Å². The largest absolute Gasteiger partial charge is 0.487 e. The summed E-state index contributed by atoms with van der Waals surface area (Å²) >= 11 is 0. The maximum Gasteiger partial charge on any atom is 0.422 e. The molecule has 2 aromatic carbocycles. The molecule has 0 unspecified atom stereocenters. The van der Waals surface area contributed by atoms with E-state index in [1.54, 1.807) is 38.1 Å². The Morgan fingerprint density at radius 1 is 1.09 bits per heavy atom. The van der Waals surface area contributed by atoms with Crippen LogP contribution in [0.15, 0.2) is 59.0 Å². The molecule has 0 aliphatic carbocycles. The molecule has 0 radical (unpaired) electrons. The summed E-state index contributed by atoms with van der Waals surface area (Å²) in [6.45, 7) is 4.40. The minimum atomic E-state index is -4.40. The van der Waals surface area contributed by atoms with Gasteiger partial charge >= 0.3 is 12.1 Å². The van der Waals surface area contributed by atoms with Gasteiger partial charge < -0.3 is 18.6 Å².